The molecule has 0 saturated carbocycles. The molecule has 0 spiro atoms. The highest BCUT2D eigenvalue weighted by molar-refractivity contribution is 9.10. The monoisotopic (exact) mass is 308 g/mol. The Balaban J connectivity index is 2.17. The first-order valence-corrected chi connectivity index (χ1v) is 7.10. The van der Waals surface area contributed by atoms with Crippen molar-refractivity contribution in [1.29, 1.82) is 0 Å². The Hall–Kier alpha value is -0.0400. The van der Waals surface area contributed by atoms with E-state index in [1.54, 1.807) is 0 Å². The Bertz CT molecular complexity index is 325. The molecule has 92 valence electrons. The lowest BCUT2D eigenvalue weighted by Crippen LogP contribution is -2.39. The third-order valence-electron chi connectivity index (χ3n) is 1.92. The van der Waals surface area contributed by atoms with Crippen LogP contribution in [-0.4, -0.2) is 21.0 Å². The minimum absolute atomic E-state index is 0.213. The maximum atomic E-state index is 11.6. The summed E-state index contributed by atoms with van der Waals surface area (Å²) in [6, 6.07) is 1.85. The number of hydrogen-bond acceptors (Lipinski definition) is 4. The van der Waals surface area contributed by atoms with Crippen LogP contribution in [-0.2, 0) is 17.8 Å². The Kier molecular flexibility index (Phi) is 5.30. The SMILES string of the molecule is CC(C)(C)[S@+]([O-])NCCCc1cc(Br)no1. The van der Waals surface area contributed by atoms with E-state index in [0.717, 1.165) is 18.6 Å². The summed E-state index contributed by atoms with van der Waals surface area (Å²) in [6.07, 6.45) is 1.68. The number of hydrogen-bond donors (Lipinski definition) is 1. The molecule has 1 atom stereocenters. The van der Waals surface area contributed by atoms with Gasteiger partial charge >= 0.3 is 0 Å². The summed E-state index contributed by atoms with van der Waals surface area (Å²) >= 11 is 2.23. The van der Waals surface area contributed by atoms with E-state index in [1.807, 2.05) is 26.8 Å². The summed E-state index contributed by atoms with van der Waals surface area (Å²) in [4.78, 5) is 0. The molecule has 16 heavy (non-hydrogen) atoms. The molecule has 6 heteroatoms. The van der Waals surface area contributed by atoms with Crippen LogP contribution in [0, 0.1) is 0 Å². The van der Waals surface area contributed by atoms with Crippen LogP contribution in [0.25, 0.3) is 0 Å². The molecule has 0 saturated heterocycles. The van der Waals surface area contributed by atoms with E-state index in [4.69, 9.17) is 4.52 Å². The summed E-state index contributed by atoms with van der Waals surface area (Å²) in [6.45, 7) is 6.55. The van der Waals surface area contributed by atoms with Crippen LogP contribution in [0.2, 0.25) is 0 Å². The number of halogens is 1. The van der Waals surface area contributed by atoms with Crippen molar-refractivity contribution in [2.75, 3.05) is 6.54 Å². The molecule has 1 N–H and O–H groups in total. The van der Waals surface area contributed by atoms with Gasteiger partial charge in [0.05, 0.1) is 0 Å². The molecule has 4 nitrogen and oxygen atoms in total. The molecule has 1 aromatic rings. The Morgan fingerprint density at radius 2 is 2.25 bits per heavy atom. The largest absolute Gasteiger partial charge is 0.598 e. The van der Waals surface area contributed by atoms with E-state index < -0.39 is 11.4 Å². The molecule has 1 rings (SSSR count). The van der Waals surface area contributed by atoms with Crippen molar-refractivity contribution in [2.45, 2.75) is 38.4 Å². The zero-order valence-corrected chi connectivity index (χ0v) is 12.2. The van der Waals surface area contributed by atoms with E-state index >= 15 is 0 Å². The average Bonchev–Trinajstić information content (AvgIpc) is 2.57. The zero-order valence-electron chi connectivity index (χ0n) is 9.75. The van der Waals surface area contributed by atoms with Crippen LogP contribution in [0.5, 0.6) is 0 Å². The Morgan fingerprint density at radius 1 is 1.56 bits per heavy atom. The topological polar surface area (TPSA) is 61.1 Å². The van der Waals surface area contributed by atoms with Crippen molar-refractivity contribution in [2.24, 2.45) is 0 Å². The van der Waals surface area contributed by atoms with Gasteiger partial charge in [-0.25, -0.2) is 0 Å². The molecule has 1 heterocycles. The van der Waals surface area contributed by atoms with E-state index in [0.29, 0.717) is 11.1 Å². The highest BCUT2D eigenvalue weighted by Crippen LogP contribution is 2.14. The first-order valence-electron chi connectivity index (χ1n) is 5.16. The van der Waals surface area contributed by atoms with Gasteiger partial charge in [-0.05, 0) is 43.1 Å². The second-order valence-electron chi connectivity index (χ2n) is 4.49. The first kappa shape index (κ1) is 14.0. The normalized spacial score (nSPS) is 14.1. The van der Waals surface area contributed by atoms with Gasteiger partial charge in [-0.2, -0.15) is 0 Å². The quantitative estimate of drug-likeness (QED) is 0.670. The molecular weight excluding hydrogens is 292 g/mol. The number of aryl methyl sites for hydroxylation is 1. The van der Waals surface area contributed by atoms with Gasteiger partial charge in [-0.1, -0.05) is 5.16 Å². The molecule has 0 fully saturated rings. The molecule has 0 bridgehead atoms. The van der Waals surface area contributed by atoms with Gasteiger partial charge in [0, 0.05) is 30.4 Å². The fourth-order valence-corrected chi connectivity index (χ4v) is 2.14. The summed E-state index contributed by atoms with van der Waals surface area (Å²) < 4.78 is 20.2. The number of rotatable bonds is 5. The fraction of sp³-hybridized carbons (Fsp3) is 0.700. The molecule has 0 radical (unpaired) electrons. The van der Waals surface area contributed by atoms with E-state index in [9.17, 15) is 4.55 Å². The Labute approximate surface area is 108 Å². The molecule has 0 aromatic carbocycles. The van der Waals surface area contributed by atoms with E-state index in [-0.39, 0.29) is 4.75 Å². The summed E-state index contributed by atoms with van der Waals surface area (Å²) in [5.74, 6) is 0.843. The number of aromatic nitrogens is 1. The smallest absolute Gasteiger partial charge is 0.149 e. The highest BCUT2D eigenvalue weighted by atomic mass is 79.9. The van der Waals surface area contributed by atoms with Crippen LogP contribution in [0.4, 0.5) is 0 Å². The third kappa shape index (κ3) is 4.86. The second kappa shape index (κ2) is 6.05. The molecular formula is C10H17BrN2O2S. The standard InChI is InChI=1S/C10H17BrN2O2S/c1-10(2,3)16(14)12-6-4-5-8-7-9(11)13-15-8/h7,12H,4-6H2,1-3H3/t16-/m0/s1. The summed E-state index contributed by atoms with van der Waals surface area (Å²) in [5.41, 5.74) is 0. The predicted molar refractivity (Wildman–Crippen MR) is 68.4 cm³/mol. The lowest BCUT2D eigenvalue weighted by atomic mass is 10.2. The van der Waals surface area contributed by atoms with Gasteiger partial charge in [-0.15, -0.1) is 4.72 Å². The van der Waals surface area contributed by atoms with Crippen molar-refractivity contribution in [1.82, 2.24) is 9.88 Å². The van der Waals surface area contributed by atoms with Gasteiger partial charge < -0.3 is 9.08 Å². The maximum Gasteiger partial charge on any atom is 0.149 e. The van der Waals surface area contributed by atoms with Crippen molar-refractivity contribution >= 4 is 27.3 Å². The fourth-order valence-electron chi connectivity index (χ4n) is 1.05. The lowest BCUT2D eigenvalue weighted by molar-refractivity contribution is 0.377. The van der Waals surface area contributed by atoms with E-state index in [1.165, 1.54) is 0 Å². The summed E-state index contributed by atoms with van der Waals surface area (Å²) in [5, 5.41) is 3.73. The Morgan fingerprint density at radius 3 is 2.75 bits per heavy atom. The average molecular weight is 309 g/mol. The van der Waals surface area contributed by atoms with Crippen LogP contribution in [0.1, 0.15) is 33.0 Å². The van der Waals surface area contributed by atoms with Gasteiger partial charge in [0.1, 0.15) is 15.1 Å². The minimum Gasteiger partial charge on any atom is -0.598 e. The molecule has 0 aliphatic heterocycles. The number of nitrogens with zero attached hydrogens (tertiary/aromatic N) is 1. The molecule has 1 aromatic heterocycles. The van der Waals surface area contributed by atoms with Crippen LogP contribution in [0.3, 0.4) is 0 Å². The van der Waals surface area contributed by atoms with Crippen LogP contribution >= 0.6 is 15.9 Å². The first-order chi connectivity index (χ1) is 7.39. The number of nitrogens with one attached hydrogen (secondary N) is 1. The minimum atomic E-state index is -0.995. The van der Waals surface area contributed by atoms with Crippen LogP contribution in [0.15, 0.2) is 15.2 Å². The van der Waals surface area contributed by atoms with Crippen molar-refractivity contribution < 1.29 is 9.08 Å². The van der Waals surface area contributed by atoms with Crippen molar-refractivity contribution in [3.8, 4) is 0 Å². The van der Waals surface area contributed by atoms with E-state index in [2.05, 4.69) is 25.8 Å². The molecule has 0 amide bonds. The van der Waals surface area contributed by atoms with Crippen molar-refractivity contribution in [3.05, 3.63) is 16.4 Å². The third-order valence-corrected chi connectivity index (χ3v) is 3.87. The predicted octanol–water partition coefficient (Wildman–Crippen LogP) is 2.42. The van der Waals surface area contributed by atoms with Gasteiger partial charge in [0.15, 0.2) is 0 Å². The molecule has 0 unspecified atom stereocenters. The summed E-state index contributed by atoms with van der Waals surface area (Å²) in [7, 11) is 0. The van der Waals surface area contributed by atoms with Crippen LogP contribution < -0.4 is 4.72 Å². The van der Waals surface area contributed by atoms with Crippen molar-refractivity contribution in [3.63, 3.8) is 0 Å². The molecule has 0 aliphatic carbocycles. The highest BCUT2D eigenvalue weighted by Gasteiger charge is 2.25. The van der Waals surface area contributed by atoms with Gasteiger partial charge in [0.2, 0.25) is 0 Å². The second-order valence-corrected chi connectivity index (χ2v) is 7.36. The maximum absolute atomic E-state index is 11.6. The molecule has 0 aliphatic rings. The van der Waals surface area contributed by atoms with Gasteiger partial charge in [-0.3, -0.25) is 0 Å². The zero-order chi connectivity index (χ0) is 12.2. The van der Waals surface area contributed by atoms with Gasteiger partial charge in [0.25, 0.3) is 0 Å². The lowest BCUT2D eigenvalue weighted by Gasteiger charge is -2.23.